The van der Waals surface area contributed by atoms with E-state index < -0.39 is 0 Å². The van der Waals surface area contributed by atoms with Gasteiger partial charge in [-0.05, 0) is 0 Å². The molecule has 0 amide bonds. The van der Waals surface area contributed by atoms with Crippen LogP contribution in [0.3, 0.4) is 0 Å². The van der Waals surface area contributed by atoms with Crippen molar-refractivity contribution in [3.05, 3.63) is 12.2 Å². The molecule has 0 unspecified atom stereocenters. The number of rotatable bonds is 4. The first-order valence-corrected chi connectivity index (χ1v) is 5.42. The number of hydrogen-bond donors (Lipinski definition) is 1. The van der Waals surface area contributed by atoms with Crippen LogP contribution in [0.2, 0.25) is 0 Å². The van der Waals surface area contributed by atoms with E-state index in [1.807, 2.05) is 6.07 Å². The molecule has 0 aliphatic carbocycles. The minimum atomic E-state index is 0.279. The lowest BCUT2D eigenvalue weighted by molar-refractivity contribution is 0.657. The third-order valence-electron chi connectivity index (χ3n) is 1.23. The molecule has 64 valence electrons. The van der Waals surface area contributed by atoms with E-state index >= 15 is 0 Å². The quantitative estimate of drug-likeness (QED) is 0.580. The Labute approximate surface area is 79.8 Å². The molecule has 0 bridgehead atoms. The van der Waals surface area contributed by atoms with Crippen LogP contribution < -0.4 is 0 Å². The fraction of sp³-hybridized carbons (Fsp3) is 0.500. The van der Waals surface area contributed by atoms with Crippen LogP contribution in [-0.2, 0) is 13.0 Å². The molecule has 0 atom stereocenters. The highest BCUT2D eigenvalue weighted by Crippen LogP contribution is 2.04. The van der Waals surface area contributed by atoms with Crippen molar-refractivity contribution < 1.29 is 0 Å². The second-order valence-electron chi connectivity index (χ2n) is 2.09. The fourth-order valence-electron chi connectivity index (χ4n) is 0.727. The molecule has 0 N–H and O–H groups in total. The molecule has 0 aromatic carbocycles. The zero-order valence-electron chi connectivity index (χ0n) is 6.34. The van der Waals surface area contributed by atoms with Crippen LogP contribution in [0.4, 0.5) is 0 Å². The molecular weight excluding hydrogens is 192 g/mol. The van der Waals surface area contributed by atoms with Gasteiger partial charge in [-0.25, -0.2) is 4.98 Å². The largest absolute Gasteiger partial charge is 0.252 e. The SMILES string of the molecule is N#CCc1ncn(CCSS)n1. The van der Waals surface area contributed by atoms with Gasteiger partial charge in [-0.2, -0.15) is 10.4 Å². The zero-order valence-corrected chi connectivity index (χ0v) is 8.05. The minimum absolute atomic E-state index is 0.279. The third-order valence-corrected chi connectivity index (χ3v) is 2.15. The summed E-state index contributed by atoms with van der Waals surface area (Å²) in [5.41, 5.74) is 0. The van der Waals surface area contributed by atoms with Crippen molar-refractivity contribution in [1.82, 2.24) is 14.8 Å². The first kappa shape index (κ1) is 9.42. The number of hydrogen-bond acceptors (Lipinski definition) is 5. The van der Waals surface area contributed by atoms with Gasteiger partial charge in [-0.1, -0.05) is 10.8 Å². The molecule has 1 aromatic rings. The molecule has 1 aromatic heterocycles. The van der Waals surface area contributed by atoms with Gasteiger partial charge in [0.15, 0.2) is 5.82 Å². The Morgan fingerprint density at radius 3 is 3.25 bits per heavy atom. The fourth-order valence-corrected chi connectivity index (χ4v) is 1.24. The molecule has 12 heavy (non-hydrogen) atoms. The molecule has 0 aliphatic rings. The number of aromatic nitrogens is 3. The van der Waals surface area contributed by atoms with Gasteiger partial charge in [-0.3, -0.25) is 4.68 Å². The minimum Gasteiger partial charge on any atom is -0.252 e. The summed E-state index contributed by atoms with van der Waals surface area (Å²) in [4.78, 5) is 3.95. The average Bonchev–Trinajstić information content (AvgIpc) is 2.50. The maximum Gasteiger partial charge on any atom is 0.164 e. The van der Waals surface area contributed by atoms with Crippen LogP contribution in [0.15, 0.2) is 6.33 Å². The second-order valence-corrected chi connectivity index (χ2v) is 3.53. The molecule has 1 heterocycles. The van der Waals surface area contributed by atoms with Gasteiger partial charge in [0, 0.05) is 5.75 Å². The number of aryl methyl sites for hydroxylation is 1. The maximum atomic E-state index is 8.35. The molecule has 6 heteroatoms. The predicted molar refractivity (Wildman–Crippen MR) is 50.8 cm³/mol. The van der Waals surface area contributed by atoms with E-state index in [0.29, 0.717) is 5.82 Å². The topological polar surface area (TPSA) is 54.5 Å². The lowest BCUT2D eigenvalue weighted by atomic mass is 10.5. The highest BCUT2D eigenvalue weighted by molar-refractivity contribution is 8.68. The van der Waals surface area contributed by atoms with Gasteiger partial charge in [0.25, 0.3) is 0 Å². The summed E-state index contributed by atoms with van der Waals surface area (Å²) in [6.45, 7) is 0.784. The highest BCUT2D eigenvalue weighted by atomic mass is 33.1. The summed E-state index contributed by atoms with van der Waals surface area (Å²) in [6.07, 6.45) is 1.91. The summed E-state index contributed by atoms with van der Waals surface area (Å²) < 4.78 is 1.72. The molecule has 0 aliphatic heterocycles. The Morgan fingerprint density at radius 1 is 1.75 bits per heavy atom. The van der Waals surface area contributed by atoms with E-state index in [9.17, 15) is 0 Å². The Balaban J connectivity index is 2.48. The van der Waals surface area contributed by atoms with Crippen LogP contribution >= 0.6 is 22.5 Å². The normalized spacial score (nSPS) is 9.67. The van der Waals surface area contributed by atoms with E-state index in [4.69, 9.17) is 5.26 Å². The van der Waals surface area contributed by atoms with Gasteiger partial charge in [-0.15, -0.1) is 11.7 Å². The number of nitrogens with zero attached hydrogens (tertiary/aromatic N) is 4. The van der Waals surface area contributed by atoms with Crippen molar-refractivity contribution in [2.45, 2.75) is 13.0 Å². The molecule has 1 rings (SSSR count). The molecule has 0 saturated carbocycles. The lowest BCUT2D eigenvalue weighted by Gasteiger charge is -1.94. The Morgan fingerprint density at radius 2 is 2.58 bits per heavy atom. The Kier molecular flexibility index (Phi) is 3.97. The molecular formula is C6H8N4S2. The average molecular weight is 200 g/mol. The van der Waals surface area contributed by atoms with Crippen molar-refractivity contribution in [1.29, 1.82) is 5.26 Å². The molecule has 4 nitrogen and oxygen atoms in total. The number of nitriles is 1. The molecule has 0 radical (unpaired) electrons. The van der Waals surface area contributed by atoms with Crippen LogP contribution in [0, 0.1) is 11.3 Å². The first-order chi connectivity index (χ1) is 5.86. The summed E-state index contributed by atoms with van der Waals surface area (Å²) in [5, 5.41) is 12.4. The van der Waals surface area contributed by atoms with Gasteiger partial charge in [0.2, 0.25) is 0 Å². The van der Waals surface area contributed by atoms with Crippen molar-refractivity contribution in [2.75, 3.05) is 5.75 Å². The monoisotopic (exact) mass is 200 g/mol. The summed E-state index contributed by atoms with van der Waals surface area (Å²) in [5.74, 6) is 1.47. The Bertz CT molecular complexity index is 277. The summed E-state index contributed by atoms with van der Waals surface area (Å²) in [7, 11) is 1.46. The van der Waals surface area contributed by atoms with Gasteiger partial charge < -0.3 is 0 Å². The van der Waals surface area contributed by atoms with Gasteiger partial charge >= 0.3 is 0 Å². The van der Waals surface area contributed by atoms with E-state index in [1.165, 1.54) is 10.8 Å². The van der Waals surface area contributed by atoms with E-state index in [1.54, 1.807) is 11.0 Å². The molecule has 0 spiro atoms. The molecule has 0 saturated heterocycles. The third kappa shape index (κ3) is 2.75. The first-order valence-electron chi connectivity index (χ1n) is 3.38. The zero-order chi connectivity index (χ0) is 8.81. The predicted octanol–water partition coefficient (Wildman–Crippen LogP) is 0.922. The van der Waals surface area contributed by atoms with E-state index in [2.05, 4.69) is 21.7 Å². The summed E-state index contributed by atoms with van der Waals surface area (Å²) in [6, 6.07) is 1.99. The van der Waals surface area contributed by atoms with Crippen LogP contribution in [0.1, 0.15) is 5.82 Å². The standard InChI is InChI=1S/C6H8N4S2/c7-2-1-6-8-5-10(9-6)3-4-12-11/h5,11H,1,3-4H2. The highest BCUT2D eigenvalue weighted by Gasteiger charge is 1.98. The maximum absolute atomic E-state index is 8.35. The Hall–Kier alpha value is -0.670. The van der Waals surface area contributed by atoms with E-state index in [0.717, 1.165) is 12.3 Å². The van der Waals surface area contributed by atoms with Crippen molar-refractivity contribution >= 4 is 22.5 Å². The van der Waals surface area contributed by atoms with Crippen molar-refractivity contribution in [3.8, 4) is 6.07 Å². The van der Waals surface area contributed by atoms with Crippen molar-refractivity contribution in [2.24, 2.45) is 0 Å². The van der Waals surface area contributed by atoms with Crippen LogP contribution in [0.5, 0.6) is 0 Å². The van der Waals surface area contributed by atoms with Crippen LogP contribution in [0.25, 0.3) is 0 Å². The lowest BCUT2D eigenvalue weighted by Crippen LogP contribution is -2.00. The van der Waals surface area contributed by atoms with Gasteiger partial charge in [0.1, 0.15) is 6.33 Å². The van der Waals surface area contributed by atoms with Crippen LogP contribution in [-0.4, -0.2) is 20.5 Å². The van der Waals surface area contributed by atoms with Crippen molar-refractivity contribution in [3.63, 3.8) is 0 Å². The number of thiol groups is 1. The summed E-state index contributed by atoms with van der Waals surface area (Å²) >= 11 is 4.00. The van der Waals surface area contributed by atoms with Gasteiger partial charge in [0.05, 0.1) is 19.0 Å². The second kappa shape index (κ2) is 5.06. The molecule has 0 fully saturated rings. The van der Waals surface area contributed by atoms with E-state index in [-0.39, 0.29) is 6.42 Å². The smallest absolute Gasteiger partial charge is 0.164 e.